The Morgan fingerprint density at radius 2 is 1.70 bits per heavy atom. The van der Waals surface area contributed by atoms with Gasteiger partial charge < -0.3 is 0 Å². The zero-order chi connectivity index (χ0) is 15.9. The summed E-state index contributed by atoms with van der Waals surface area (Å²) < 4.78 is 0.658. The fourth-order valence-corrected chi connectivity index (χ4v) is 8.99. The molecule has 0 aromatic rings. The average molecular weight is 333 g/mol. The fourth-order valence-electron chi connectivity index (χ4n) is 7.84. The Morgan fingerprint density at radius 1 is 0.957 bits per heavy atom. The van der Waals surface area contributed by atoms with E-state index in [2.05, 4.69) is 32.5 Å². The Morgan fingerprint density at radius 3 is 2.26 bits per heavy atom. The molecule has 0 radical (unpaired) electrons. The molecule has 2 bridgehead atoms. The highest BCUT2D eigenvalue weighted by Crippen LogP contribution is 2.73. The van der Waals surface area contributed by atoms with Crippen LogP contribution in [0.2, 0.25) is 0 Å². The maximum Gasteiger partial charge on any atom is 0.0140 e. The molecule has 1 aliphatic heterocycles. The molecule has 0 aromatic heterocycles. The molecule has 0 spiro atoms. The summed E-state index contributed by atoms with van der Waals surface area (Å²) in [7, 11) is 0. The molecule has 130 valence electrons. The Hall–Kier alpha value is 0.350. The topological polar surface area (TPSA) is 0 Å². The van der Waals surface area contributed by atoms with Gasteiger partial charge in [0.1, 0.15) is 0 Å². The van der Waals surface area contributed by atoms with E-state index >= 15 is 0 Å². The Balaban J connectivity index is 1.38. The van der Waals surface area contributed by atoms with Gasteiger partial charge >= 0.3 is 0 Å². The summed E-state index contributed by atoms with van der Waals surface area (Å²) in [5.74, 6) is 6.95. The van der Waals surface area contributed by atoms with E-state index in [0.29, 0.717) is 4.75 Å². The molecule has 1 heteroatoms. The van der Waals surface area contributed by atoms with E-state index in [1.54, 1.807) is 51.4 Å². The lowest BCUT2D eigenvalue weighted by Crippen LogP contribution is -2.63. The first-order chi connectivity index (χ1) is 11.0. The number of hydrogen-bond donors (Lipinski definition) is 0. The molecule has 0 amide bonds. The summed E-state index contributed by atoms with van der Waals surface area (Å²) in [6.45, 7) is 7.66. The molecular weight excluding hydrogens is 296 g/mol. The molecule has 5 atom stereocenters. The van der Waals surface area contributed by atoms with Crippen LogP contribution in [0.1, 0.15) is 85.0 Å². The van der Waals surface area contributed by atoms with Gasteiger partial charge in [-0.15, -0.1) is 0 Å². The van der Waals surface area contributed by atoms with Gasteiger partial charge in [0, 0.05) is 4.75 Å². The molecule has 1 saturated heterocycles. The van der Waals surface area contributed by atoms with Crippen LogP contribution in [0.5, 0.6) is 0 Å². The predicted octanol–water partition coefficient (Wildman–Crippen LogP) is 6.54. The second-order valence-electron chi connectivity index (χ2n) is 10.8. The molecule has 5 aliphatic carbocycles. The summed E-state index contributed by atoms with van der Waals surface area (Å²) >= 11 is 2.25. The van der Waals surface area contributed by atoms with Crippen LogP contribution in [-0.4, -0.2) is 10.5 Å². The van der Waals surface area contributed by atoms with Crippen molar-refractivity contribution in [2.24, 2.45) is 40.4 Å². The highest BCUT2D eigenvalue weighted by molar-refractivity contribution is 8.02. The van der Waals surface area contributed by atoms with Crippen LogP contribution in [0.25, 0.3) is 0 Å². The largest absolute Gasteiger partial charge is 0.155 e. The van der Waals surface area contributed by atoms with Crippen molar-refractivity contribution in [2.75, 3.05) is 5.75 Å². The van der Waals surface area contributed by atoms with Gasteiger partial charge in [0.2, 0.25) is 0 Å². The quantitative estimate of drug-likeness (QED) is 0.563. The molecule has 6 rings (SSSR count). The van der Waals surface area contributed by atoms with Gasteiger partial charge in [-0.05, 0) is 110 Å². The van der Waals surface area contributed by atoms with Crippen molar-refractivity contribution < 1.29 is 0 Å². The Kier molecular flexibility index (Phi) is 3.36. The summed E-state index contributed by atoms with van der Waals surface area (Å²) in [5, 5.41) is 0. The summed E-state index contributed by atoms with van der Waals surface area (Å²) in [6.07, 6.45) is 15.7. The molecular formula is C22H36S. The summed E-state index contributed by atoms with van der Waals surface area (Å²) in [4.78, 5) is 0. The number of rotatable bonds is 4. The second kappa shape index (κ2) is 4.95. The normalized spacial score (nSPS) is 56.9. The monoisotopic (exact) mass is 332 g/mol. The number of hydrogen-bond acceptors (Lipinski definition) is 1. The van der Waals surface area contributed by atoms with Crippen LogP contribution < -0.4 is 0 Å². The standard InChI is InChI=1S/C22H36S/c1-15(2)22-8-6-21(7-9-22,5-4-20(3)10-11-23-20)14-17-12-16-13-18(22)19(16)17/h15-19H,4-14H2,1-3H3. The minimum Gasteiger partial charge on any atom is -0.155 e. The lowest BCUT2D eigenvalue weighted by atomic mass is 9.34. The van der Waals surface area contributed by atoms with Crippen molar-refractivity contribution in [1.82, 2.24) is 0 Å². The molecule has 6 aliphatic rings. The van der Waals surface area contributed by atoms with Crippen LogP contribution >= 0.6 is 11.8 Å². The summed E-state index contributed by atoms with van der Waals surface area (Å²) in [6, 6.07) is 0. The van der Waals surface area contributed by atoms with Crippen LogP contribution in [-0.2, 0) is 0 Å². The third-order valence-corrected chi connectivity index (χ3v) is 11.3. The van der Waals surface area contributed by atoms with Crippen LogP contribution in [0.15, 0.2) is 0 Å². The molecule has 23 heavy (non-hydrogen) atoms. The van der Waals surface area contributed by atoms with E-state index < -0.39 is 0 Å². The van der Waals surface area contributed by atoms with E-state index in [0.717, 1.165) is 34.5 Å². The molecule has 0 N–H and O–H groups in total. The highest BCUT2D eigenvalue weighted by atomic mass is 32.2. The first-order valence-corrected chi connectivity index (χ1v) is 11.6. The van der Waals surface area contributed by atoms with Crippen LogP contribution in [0.3, 0.4) is 0 Å². The van der Waals surface area contributed by atoms with Gasteiger partial charge in [-0.2, -0.15) is 11.8 Å². The zero-order valence-electron chi connectivity index (χ0n) is 15.6. The maximum atomic E-state index is 2.56. The smallest absolute Gasteiger partial charge is 0.0140 e. The second-order valence-corrected chi connectivity index (χ2v) is 12.5. The fraction of sp³-hybridized carbons (Fsp3) is 1.00. The van der Waals surface area contributed by atoms with Crippen molar-refractivity contribution in [3.8, 4) is 0 Å². The van der Waals surface area contributed by atoms with E-state index in [1.807, 2.05) is 0 Å². The molecule has 6 fully saturated rings. The van der Waals surface area contributed by atoms with Crippen LogP contribution in [0.4, 0.5) is 0 Å². The third kappa shape index (κ3) is 2.10. The zero-order valence-corrected chi connectivity index (χ0v) is 16.4. The van der Waals surface area contributed by atoms with E-state index in [4.69, 9.17) is 0 Å². The molecule has 0 nitrogen and oxygen atoms in total. The minimum atomic E-state index is 0.658. The van der Waals surface area contributed by atoms with Gasteiger partial charge in [0.25, 0.3) is 0 Å². The molecule has 5 saturated carbocycles. The third-order valence-electron chi connectivity index (χ3n) is 9.81. The lowest BCUT2D eigenvalue weighted by Gasteiger charge is -2.71. The van der Waals surface area contributed by atoms with Crippen molar-refractivity contribution in [2.45, 2.75) is 89.7 Å². The van der Waals surface area contributed by atoms with Crippen molar-refractivity contribution in [3.63, 3.8) is 0 Å². The van der Waals surface area contributed by atoms with Gasteiger partial charge in [0.15, 0.2) is 0 Å². The first kappa shape index (κ1) is 15.6. The predicted molar refractivity (Wildman–Crippen MR) is 101 cm³/mol. The SMILES string of the molecule is CC(C)C12CCC(CCC3(C)CCS3)(CC1)CC1CC3CC2C31. The van der Waals surface area contributed by atoms with Gasteiger partial charge in [-0.3, -0.25) is 0 Å². The van der Waals surface area contributed by atoms with E-state index in [-0.39, 0.29) is 0 Å². The van der Waals surface area contributed by atoms with Crippen molar-refractivity contribution >= 4 is 11.8 Å². The van der Waals surface area contributed by atoms with Gasteiger partial charge in [-0.1, -0.05) is 20.8 Å². The van der Waals surface area contributed by atoms with Crippen LogP contribution in [0, 0.1) is 40.4 Å². The highest BCUT2D eigenvalue weighted by Gasteiger charge is 2.65. The number of fused-ring (bicyclic) bond motifs is 2. The van der Waals surface area contributed by atoms with Crippen molar-refractivity contribution in [1.29, 1.82) is 0 Å². The maximum absolute atomic E-state index is 2.56. The molecule has 1 heterocycles. The summed E-state index contributed by atoms with van der Waals surface area (Å²) in [5.41, 5.74) is 1.51. The molecule has 0 aromatic carbocycles. The van der Waals surface area contributed by atoms with Crippen molar-refractivity contribution in [3.05, 3.63) is 0 Å². The Bertz CT molecular complexity index is 480. The number of thioether (sulfide) groups is 1. The van der Waals surface area contributed by atoms with E-state index in [9.17, 15) is 0 Å². The lowest BCUT2D eigenvalue weighted by molar-refractivity contribution is -0.213. The first-order valence-electron chi connectivity index (χ1n) is 10.6. The minimum absolute atomic E-state index is 0.658. The molecule has 5 unspecified atom stereocenters. The van der Waals surface area contributed by atoms with E-state index in [1.165, 1.54) is 24.5 Å². The Labute approximate surface area is 147 Å². The van der Waals surface area contributed by atoms with Gasteiger partial charge in [0.05, 0.1) is 0 Å². The average Bonchev–Trinajstić information content (AvgIpc) is 2.48. The van der Waals surface area contributed by atoms with Gasteiger partial charge in [-0.25, -0.2) is 0 Å².